The standard InChI is InChI=1S/C36H35F5N2O3/c1-33-21-29(23-11-9-22(10-12-23)6-5-19-42-32(45)43-25-7-3-2-4-8-25)31-27-16-14-26(44)20-24(27)13-15-28(31)30(33)17-18-34(33,46)35(37,38)36(39,40)41/h2-4,7-12,20,28-30,46H,13-19,21H2,1H3,(H2,42,43,45)/t28-,29+,30-,33-,34-/m0/s1. The summed E-state index contributed by atoms with van der Waals surface area (Å²) < 4.78 is 71.7. The van der Waals surface area contributed by atoms with Crippen molar-refractivity contribution in [2.75, 3.05) is 11.9 Å². The third kappa shape index (κ3) is 5.32. The van der Waals surface area contributed by atoms with Gasteiger partial charge in [-0.3, -0.25) is 4.79 Å². The molecule has 2 aromatic carbocycles. The molecule has 5 nitrogen and oxygen atoms in total. The first kappa shape index (κ1) is 32.0. The summed E-state index contributed by atoms with van der Waals surface area (Å²) in [5.74, 6) is -0.731. The molecule has 2 aromatic rings. The summed E-state index contributed by atoms with van der Waals surface area (Å²) in [6, 6.07) is 15.7. The first-order valence-corrected chi connectivity index (χ1v) is 15.6. The van der Waals surface area contributed by atoms with Crippen LogP contribution in [0.25, 0.3) is 0 Å². The minimum atomic E-state index is -5.89. The summed E-state index contributed by atoms with van der Waals surface area (Å²) in [4.78, 5) is 24.4. The van der Waals surface area contributed by atoms with Gasteiger partial charge in [-0.2, -0.15) is 22.0 Å². The van der Waals surface area contributed by atoms with Gasteiger partial charge in [0.15, 0.2) is 5.78 Å². The van der Waals surface area contributed by atoms with Gasteiger partial charge in [0.1, 0.15) is 5.60 Å². The number of carbonyl (C=O) groups excluding carboxylic acids is 2. The van der Waals surface area contributed by atoms with E-state index in [0.717, 1.165) is 22.3 Å². The van der Waals surface area contributed by atoms with Crippen molar-refractivity contribution >= 4 is 17.5 Å². The van der Waals surface area contributed by atoms with E-state index in [4.69, 9.17) is 0 Å². The lowest BCUT2D eigenvalue weighted by molar-refractivity contribution is -0.362. The molecular weight excluding hydrogens is 603 g/mol. The second-order valence-electron chi connectivity index (χ2n) is 13.1. The van der Waals surface area contributed by atoms with Crippen molar-refractivity contribution in [2.45, 2.75) is 75.5 Å². The average molecular weight is 639 g/mol. The summed E-state index contributed by atoms with van der Waals surface area (Å²) in [5, 5.41) is 16.8. The van der Waals surface area contributed by atoms with Gasteiger partial charge in [0, 0.05) is 29.0 Å². The summed E-state index contributed by atoms with van der Waals surface area (Å²) >= 11 is 0. The Morgan fingerprint density at radius 3 is 2.41 bits per heavy atom. The van der Waals surface area contributed by atoms with E-state index in [1.165, 1.54) is 6.92 Å². The summed E-state index contributed by atoms with van der Waals surface area (Å²) in [7, 11) is 0. The van der Waals surface area contributed by atoms with E-state index in [9.17, 15) is 27.9 Å². The number of hydrogen-bond donors (Lipinski definition) is 3. The minimum Gasteiger partial charge on any atom is -0.383 e. The number of nitrogens with one attached hydrogen (secondary N) is 2. The summed E-state index contributed by atoms with van der Waals surface area (Å²) in [6.45, 7) is 1.50. The van der Waals surface area contributed by atoms with Crippen molar-refractivity contribution in [3.05, 3.63) is 88.5 Å². The van der Waals surface area contributed by atoms with Crippen LogP contribution in [0, 0.1) is 29.1 Å². The van der Waals surface area contributed by atoms with Crippen molar-refractivity contribution in [1.82, 2.24) is 5.32 Å². The van der Waals surface area contributed by atoms with Crippen LogP contribution in [0.5, 0.6) is 0 Å². The van der Waals surface area contributed by atoms with Gasteiger partial charge >= 0.3 is 18.1 Å². The number of alkyl halides is 5. The zero-order valence-corrected chi connectivity index (χ0v) is 25.3. The fraction of sp³-hybridized carbons (Fsp3) is 0.444. The number of ketones is 1. The monoisotopic (exact) mass is 638 g/mol. The predicted octanol–water partition coefficient (Wildman–Crippen LogP) is 7.69. The van der Waals surface area contributed by atoms with Gasteiger partial charge in [-0.1, -0.05) is 54.7 Å². The number of hydrogen-bond acceptors (Lipinski definition) is 3. The normalized spacial score (nSPS) is 29.1. The smallest absolute Gasteiger partial charge is 0.383 e. The molecule has 0 saturated heterocycles. The zero-order valence-electron chi connectivity index (χ0n) is 25.3. The van der Waals surface area contributed by atoms with Gasteiger partial charge in [-0.05, 0) is 97.4 Å². The molecule has 3 N–H and O–H groups in total. The van der Waals surface area contributed by atoms with Crippen molar-refractivity contribution in [2.24, 2.45) is 17.3 Å². The van der Waals surface area contributed by atoms with Gasteiger partial charge in [0.25, 0.3) is 0 Å². The number of para-hydroxylation sites is 1. The topological polar surface area (TPSA) is 78.4 Å². The van der Waals surface area contributed by atoms with Gasteiger partial charge in [-0.25, -0.2) is 4.79 Å². The van der Waals surface area contributed by atoms with E-state index in [1.807, 2.05) is 6.07 Å². The molecule has 0 heterocycles. The highest BCUT2D eigenvalue weighted by Gasteiger charge is 2.79. The van der Waals surface area contributed by atoms with Crippen molar-refractivity contribution < 1.29 is 36.6 Å². The van der Waals surface area contributed by atoms with Crippen LogP contribution in [0.4, 0.5) is 32.4 Å². The first-order valence-electron chi connectivity index (χ1n) is 15.6. The second kappa shape index (κ2) is 11.7. The molecule has 0 unspecified atom stereocenters. The van der Waals surface area contributed by atoms with Crippen molar-refractivity contribution in [3.63, 3.8) is 0 Å². The summed E-state index contributed by atoms with van der Waals surface area (Å²) in [5.41, 5.74) is 0.0177. The zero-order chi connectivity index (χ0) is 32.9. The Kier molecular flexibility index (Phi) is 8.12. The van der Waals surface area contributed by atoms with E-state index in [1.54, 1.807) is 54.6 Å². The maximum atomic E-state index is 15.2. The van der Waals surface area contributed by atoms with Crippen LogP contribution in [0.1, 0.15) is 68.9 Å². The van der Waals surface area contributed by atoms with E-state index in [0.29, 0.717) is 36.9 Å². The molecule has 0 aliphatic heterocycles. The number of urea groups is 1. The quantitative estimate of drug-likeness (QED) is 0.238. The van der Waals surface area contributed by atoms with Crippen molar-refractivity contribution in [3.8, 4) is 11.8 Å². The average Bonchev–Trinajstić information content (AvgIpc) is 3.30. The number of fused-ring (bicyclic) bond motifs is 4. The second-order valence-corrected chi connectivity index (χ2v) is 13.1. The molecule has 0 aromatic heterocycles. The van der Waals surface area contributed by atoms with E-state index >= 15 is 8.78 Å². The van der Waals surface area contributed by atoms with E-state index < -0.39 is 47.4 Å². The van der Waals surface area contributed by atoms with Gasteiger partial charge < -0.3 is 15.7 Å². The Morgan fingerprint density at radius 1 is 1.00 bits per heavy atom. The molecule has 4 aliphatic rings. The van der Waals surface area contributed by atoms with Crippen LogP contribution in [0.3, 0.4) is 0 Å². The molecular formula is C36H35F5N2O3. The molecule has 5 atom stereocenters. The molecule has 0 spiro atoms. The molecule has 6 rings (SSSR count). The molecule has 0 bridgehead atoms. The van der Waals surface area contributed by atoms with Crippen LogP contribution in [-0.4, -0.2) is 41.2 Å². The third-order valence-electron chi connectivity index (χ3n) is 10.7. The number of anilines is 1. The van der Waals surface area contributed by atoms with E-state index in [2.05, 4.69) is 22.5 Å². The van der Waals surface area contributed by atoms with Crippen LogP contribution in [-0.2, 0) is 4.79 Å². The lowest BCUT2D eigenvalue weighted by Gasteiger charge is -2.56. The highest BCUT2D eigenvalue weighted by atomic mass is 19.4. The number of amides is 2. The fourth-order valence-electron chi connectivity index (χ4n) is 8.48. The molecule has 2 fully saturated rings. The maximum absolute atomic E-state index is 15.2. The molecule has 242 valence electrons. The van der Waals surface area contributed by atoms with Gasteiger partial charge in [0.05, 0.1) is 6.54 Å². The fourth-order valence-corrected chi connectivity index (χ4v) is 8.48. The molecule has 10 heteroatoms. The Balaban J connectivity index is 1.29. The van der Waals surface area contributed by atoms with Crippen LogP contribution in [0.2, 0.25) is 0 Å². The SMILES string of the molecule is C[C@]12C[C@H](c3ccc(C#CCNC(=O)Nc4ccccc4)cc3)C3=C4CCC(=O)C=C4CC[C@H]3[C@@H]1CC[C@@]2(O)C(F)(F)C(F)(F)F. The predicted molar refractivity (Wildman–Crippen MR) is 163 cm³/mol. The van der Waals surface area contributed by atoms with Crippen molar-refractivity contribution in [1.29, 1.82) is 0 Å². The number of allylic oxidation sites excluding steroid dienone is 4. The number of halogens is 5. The number of benzene rings is 2. The highest BCUT2D eigenvalue weighted by molar-refractivity contribution is 5.93. The molecule has 46 heavy (non-hydrogen) atoms. The third-order valence-corrected chi connectivity index (χ3v) is 10.7. The Morgan fingerprint density at radius 2 is 1.72 bits per heavy atom. The van der Waals surface area contributed by atoms with Crippen LogP contribution in [0.15, 0.2) is 77.4 Å². The number of rotatable bonds is 4. The van der Waals surface area contributed by atoms with Crippen LogP contribution >= 0.6 is 0 Å². The molecule has 2 amide bonds. The number of aliphatic hydroxyl groups is 1. The Labute approximate surface area is 264 Å². The number of carbonyl (C=O) groups is 2. The Bertz CT molecular complexity index is 1650. The van der Waals surface area contributed by atoms with Gasteiger partial charge in [-0.15, -0.1) is 0 Å². The van der Waals surface area contributed by atoms with E-state index in [-0.39, 0.29) is 31.1 Å². The largest absolute Gasteiger partial charge is 0.456 e. The summed E-state index contributed by atoms with van der Waals surface area (Å²) in [6.07, 6.45) is -2.98. The van der Waals surface area contributed by atoms with Crippen LogP contribution < -0.4 is 10.6 Å². The molecule has 4 aliphatic carbocycles. The molecule has 0 radical (unpaired) electrons. The lowest BCUT2D eigenvalue weighted by Crippen LogP contribution is -2.65. The Hall–Kier alpha value is -3.97. The maximum Gasteiger partial charge on any atom is 0.456 e. The highest BCUT2D eigenvalue weighted by Crippen LogP contribution is 2.70. The minimum absolute atomic E-state index is 0.0324. The molecule has 2 saturated carbocycles. The van der Waals surface area contributed by atoms with Gasteiger partial charge in [0.2, 0.25) is 0 Å². The lowest BCUT2D eigenvalue weighted by atomic mass is 9.50. The first-order chi connectivity index (χ1) is 21.7.